The molecule has 2 heteroatoms. The summed E-state index contributed by atoms with van der Waals surface area (Å²) in [5.74, 6) is 0.762. The van der Waals surface area contributed by atoms with Crippen molar-refractivity contribution >= 4 is 0 Å². The molecule has 1 aliphatic rings. The largest absolute Gasteiger partial charge is 0.376 e. The molecule has 0 radical (unpaired) electrons. The quantitative estimate of drug-likeness (QED) is 0.790. The molecule has 0 amide bonds. The zero-order valence-electron chi connectivity index (χ0n) is 13.9. The van der Waals surface area contributed by atoms with Gasteiger partial charge in [-0.25, -0.2) is 0 Å². The predicted octanol–water partition coefficient (Wildman–Crippen LogP) is 4.63. The highest BCUT2D eigenvalue weighted by Gasteiger charge is 2.25. The van der Waals surface area contributed by atoms with Gasteiger partial charge in [0.15, 0.2) is 0 Å². The molecule has 0 bridgehead atoms. The van der Waals surface area contributed by atoms with Gasteiger partial charge < -0.3 is 10.1 Å². The summed E-state index contributed by atoms with van der Waals surface area (Å²) in [7, 11) is 0. The van der Waals surface area contributed by atoms with Crippen molar-refractivity contribution in [1.29, 1.82) is 0 Å². The molecule has 3 unspecified atom stereocenters. The minimum Gasteiger partial charge on any atom is -0.376 e. The summed E-state index contributed by atoms with van der Waals surface area (Å²) in [5.41, 5.74) is 2.73. The molecule has 1 aromatic carbocycles. The van der Waals surface area contributed by atoms with E-state index in [-0.39, 0.29) is 0 Å². The van der Waals surface area contributed by atoms with E-state index in [1.807, 2.05) is 0 Å². The molecular formula is C19H31NO. The van der Waals surface area contributed by atoms with Crippen molar-refractivity contribution < 1.29 is 4.74 Å². The van der Waals surface area contributed by atoms with Crippen LogP contribution in [0, 0.1) is 12.8 Å². The first-order chi connectivity index (χ1) is 10.3. The molecule has 0 saturated heterocycles. The molecule has 1 aliphatic carbocycles. The van der Waals surface area contributed by atoms with Gasteiger partial charge >= 0.3 is 0 Å². The molecule has 118 valence electrons. The van der Waals surface area contributed by atoms with Gasteiger partial charge in [0.2, 0.25) is 0 Å². The van der Waals surface area contributed by atoms with Crippen molar-refractivity contribution in [3.05, 3.63) is 35.4 Å². The third kappa shape index (κ3) is 4.55. The molecule has 0 aromatic heterocycles. The second-order valence-electron chi connectivity index (χ2n) is 6.29. The molecule has 1 aromatic rings. The molecule has 2 rings (SSSR count). The van der Waals surface area contributed by atoms with E-state index in [1.165, 1.54) is 43.2 Å². The van der Waals surface area contributed by atoms with Gasteiger partial charge in [-0.05, 0) is 43.4 Å². The van der Waals surface area contributed by atoms with Crippen LogP contribution in [-0.4, -0.2) is 19.3 Å². The normalized spacial score (nSPS) is 24.0. The van der Waals surface area contributed by atoms with Crippen molar-refractivity contribution in [2.45, 2.75) is 65.0 Å². The van der Waals surface area contributed by atoms with Crippen LogP contribution in [0.15, 0.2) is 24.3 Å². The van der Waals surface area contributed by atoms with Gasteiger partial charge in [-0.2, -0.15) is 0 Å². The van der Waals surface area contributed by atoms with Crippen molar-refractivity contribution in [3.8, 4) is 0 Å². The molecular weight excluding hydrogens is 258 g/mol. The lowest BCUT2D eigenvalue weighted by Crippen LogP contribution is -2.32. The number of aryl methyl sites for hydroxylation is 1. The monoisotopic (exact) mass is 289 g/mol. The van der Waals surface area contributed by atoms with Gasteiger partial charge in [0.05, 0.1) is 18.8 Å². The molecule has 1 fully saturated rings. The van der Waals surface area contributed by atoms with E-state index in [9.17, 15) is 0 Å². The average Bonchev–Trinajstić information content (AvgIpc) is 2.52. The number of hydrogen-bond donors (Lipinski definition) is 1. The topological polar surface area (TPSA) is 21.3 Å². The fourth-order valence-electron chi connectivity index (χ4n) is 3.56. The van der Waals surface area contributed by atoms with Crippen LogP contribution in [0.5, 0.6) is 0 Å². The summed E-state index contributed by atoms with van der Waals surface area (Å²) in [4.78, 5) is 0. The summed E-state index contributed by atoms with van der Waals surface area (Å²) in [5, 5.41) is 3.59. The number of ether oxygens (including phenoxy) is 1. The molecule has 21 heavy (non-hydrogen) atoms. The Morgan fingerprint density at radius 2 is 1.95 bits per heavy atom. The molecule has 0 aliphatic heterocycles. The van der Waals surface area contributed by atoms with Crippen LogP contribution < -0.4 is 5.32 Å². The van der Waals surface area contributed by atoms with Gasteiger partial charge in [0, 0.05) is 0 Å². The minimum atomic E-state index is 0.315. The Bertz CT molecular complexity index is 418. The van der Waals surface area contributed by atoms with Crippen LogP contribution in [0.4, 0.5) is 0 Å². The highest BCUT2D eigenvalue weighted by Crippen LogP contribution is 2.30. The first kappa shape index (κ1) is 16.5. The lowest BCUT2D eigenvalue weighted by molar-refractivity contribution is -0.0217. The number of rotatable bonds is 7. The third-order valence-electron chi connectivity index (χ3n) is 4.86. The van der Waals surface area contributed by atoms with Crippen molar-refractivity contribution in [2.75, 3.05) is 13.2 Å². The second-order valence-corrected chi connectivity index (χ2v) is 6.29. The van der Waals surface area contributed by atoms with Gasteiger partial charge in [-0.15, -0.1) is 0 Å². The molecule has 2 nitrogen and oxygen atoms in total. The Morgan fingerprint density at radius 1 is 1.19 bits per heavy atom. The zero-order chi connectivity index (χ0) is 15.1. The fourth-order valence-corrected chi connectivity index (χ4v) is 3.56. The third-order valence-corrected chi connectivity index (χ3v) is 4.86. The lowest BCUT2D eigenvalue weighted by Gasteiger charge is -2.32. The van der Waals surface area contributed by atoms with Gasteiger partial charge in [-0.1, -0.05) is 57.4 Å². The number of likely N-dealkylation sites (N-methyl/N-ethyl adjacent to an activating group) is 1. The van der Waals surface area contributed by atoms with Crippen LogP contribution in [0.25, 0.3) is 0 Å². The smallest absolute Gasteiger partial charge is 0.0665 e. The number of nitrogens with one attached hydrogen (secondary N) is 1. The Labute approximate surface area is 130 Å². The average molecular weight is 289 g/mol. The van der Waals surface area contributed by atoms with Crippen LogP contribution in [0.2, 0.25) is 0 Å². The van der Waals surface area contributed by atoms with E-state index in [2.05, 4.69) is 50.4 Å². The van der Waals surface area contributed by atoms with Crippen LogP contribution >= 0.6 is 0 Å². The van der Waals surface area contributed by atoms with E-state index in [0.29, 0.717) is 12.1 Å². The lowest BCUT2D eigenvalue weighted by atomic mass is 9.84. The molecule has 0 heterocycles. The summed E-state index contributed by atoms with van der Waals surface area (Å²) < 4.78 is 6.35. The first-order valence-corrected chi connectivity index (χ1v) is 8.66. The summed E-state index contributed by atoms with van der Waals surface area (Å²) in [6.07, 6.45) is 7.02. The fraction of sp³-hybridized carbons (Fsp3) is 0.684. The molecule has 1 N–H and O–H groups in total. The minimum absolute atomic E-state index is 0.315. The Morgan fingerprint density at radius 3 is 2.67 bits per heavy atom. The maximum absolute atomic E-state index is 6.35. The highest BCUT2D eigenvalue weighted by atomic mass is 16.5. The summed E-state index contributed by atoms with van der Waals surface area (Å²) in [6, 6.07) is 8.97. The van der Waals surface area contributed by atoms with E-state index < -0.39 is 0 Å². The summed E-state index contributed by atoms with van der Waals surface area (Å²) >= 11 is 0. The van der Waals surface area contributed by atoms with E-state index in [1.54, 1.807) is 0 Å². The first-order valence-electron chi connectivity index (χ1n) is 8.66. The van der Waals surface area contributed by atoms with Gasteiger partial charge in [0.25, 0.3) is 0 Å². The standard InChI is InChI=1S/C19H31NO/c1-4-16-11-7-9-13-19(16)21-14-18(20-5-2)17-12-8-6-10-15(17)3/h6,8,10,12,16,18-20H,4-5,7,9,11,13-14H2,1-3H3. The van der Waals surface area contributed by atoms with Gasteiger partial charge in [-0.3, -0.25) is 0 Å². The maximum Gasteiger partial charge on any atom is 0.0665 e. The highest BCUT2D eigenvalue weighted by molar-refractivity contribution is 5.28. The Hall–Kier alpha value is -0.860. The Kier molecular flexibility index (Phi) is 6.72. The van der Waals surface area contributed by atoms with Crippen molar-refractivity contribution in [1.82, 2.24) is 5.32 Å². The maximum atomic E-state index is 6.35. The van der Waals surface area contributed by atoms with Crippen molar-refractivity contribution in [2.24, 2.45) is 5.92 Å². The second kappa shape index (κ2) is 8.55. The van der Waals surface area contributed by atoms with E-state index in [4.69, 9.17) is 4.74 Å². The molecule has 0 spiro atoms. The number of benzene rings is 1. The van der Waals surface area contributed by atoms with E-state index >= 15 is 0 Å². The molecule has 3 atom stereocenters. The van der Waals surface area contributed by atoms with Crippen LogP contribution in [0.1, 0.15) is 63.1 Å². The van der Waals surface area contributed by atoms with Crippen LogP contribution in [-0.2, 0) is 4.74 Å². The van der Waals surface area contributed by atoms with Crippen molar-refractivity contribution in [3.63, 3.8) is 0 Å². The summed E-state index contributed by atoms with van der Waals surface area (Å²) in [6.45, 7) is 8.43. The Balaban J connectivity index is 1.98. The molecule has 1 saturated carbocycles. The van der Waals surface area contributed by atoms with E-state index in [0.717, 1.165) is 19.1 Å². The zero-order valence-corrected chi connectivity index (χ0v) is 13.9. The van der Waals surface area contributed by atoms with Gasteiger partial charge in [0.1, 0.15) is 0 Å². The SMILES string of the molecule is CCNC(COC1CCCCC1CC)c1ccccc1C. The number of hydrogen-bond acceptors (Lipinski definition) is 2. The predicted molar refractivity (Wildman–Crippen MR) is 89.6 cm³/mol. The van der Waals surface area contributed by atoms with Crippen LogP contribution in [0.3, 0.4) is 0 Å².